The van der Waals surface area contributed by atoms with Crippen molar-refractivity contribution in [2.45, 2.75) is 13.3 Å². The van der Waals surface area contributed by atoms with Crippen LogP contribution >= 0.6 is 15.9 Å². The number of nitriles is 1. The molecule has 1 atom stereocenters. The summed E-state index contributed by atoms with van der Waals surface area (Å²) in [7, 11) is 0. The summed E-state index contributed by atoms with van der Waals surface area (Å²) in [5.41, 5.74) is 1.20. The van der Waals surface area contributed by atoms with E-state index in [1.54, 1.807) is 0 Å². The molecular formula is C13H17BrN2. The van der Waals surface area contributed by atoms with Gasteiger partial charge in [0, 0.05) is 24.1 Å². The predicted octanol–water partition coefficient (Wildman–Crippen LogP) is 3.44. The van der Waals surface area contributed by atoms with Crippen molar-refractivity contribution in [2.24, 2.45) is 5.92 Å². The maximum Gasteiger partial charge on any atom is 0.0640 e. The topological polar surface area (TPSA) is 27.0 Å². The predicted molar refractivity (Wildman–Crippen MR) is 71.8 cm³/mol. The van der Waals surface area contributed by atoms with E-state index in [1.807, 2.05) is 18.2 Å². The Balaban J connectivity index is 2.68. The van der Waals surface area contributed by atoms with Crippen molar-refractivity contribution in [3.8, 4) is 6.07 Å². The van der Waals surface area contributed by atoms with Gasteiger partial charge in [0.25, 0.3) is 0 Å². The smallest absolute Gasteiger partial charge is 0.0640 e. The molecule has 86 valence electrons. The molecule has 0 aromatic heterocycles. The normalized spacial score (nSPS) is 11.8. The molecule has 0 radical (unpaired) electrons. The molecule has 0 spiro atoms. The molecule has 0 heterocycles. The van der Waals surface area contributed by atoms with Crippen LogP contribution in [0.4, 0.5) is 5.69 Å². The van der Waals surface area contributed by atoms with Gasteiger partial charge in [-0.15, -0.1) is 0 Å². The van der Waals surface area contributed by atoms with E-state index < -0.39 is 0 Å². The van der Waals surface area contributed by atoms with Gasteiger partial charge in [-0.2, -0.15) is 5.26 Å². The molecule has 0 fully saturated rings. The van der Waals surface area contributed by atoms with Gasteiger partial charge in [0.2, 0.25) is 0 Å². The molecule has 2 nitrogen and oxygen atoms in total. The van der Waals surface area contributed by atoms with Crippen molar-refractivity contribution in [3.63, 3.8) is 0 Å². The lowest BCUT2D eigenvalue weighted by atomic mass is 10.2. The Labute approximate surface area is 106 Å². The van der Waals surface area contributed by atoms with Crippen LogP contribution in [0.15, 0.2) is 30.3 Å². The van der Waals surface area contributed by atoms with Crippen LogP contribution in [0.2, 0.25) is 0 Å². The third-order valence-corrected chi connectivity index (χ3v) is 3.52. The highest BCUT2D eigenvalue weighted by Gasteiger charge is 2.09. The van der Waals surface area contributed by atoms with Crippen molar-refractivity contribution < 1.29 is 0 Å². The Kier molecular flexibility index (Phi) is 5.95. The van der Waals surface area contributed by atoms with Crippen LogP contribution in [-0.2, 0) is 0 Å². The molecule has 1 aromatic rings. The van der Waals surface area contributed by atoms with Crippen molar-refractivity contribution >= 4 is 21.6 Å². The van der Waals surface area contributed by atoms with E-state index in [9.17, 15) is 0 Å². The van der Waals surface area contributed by atoms with Crippen molar-refractivity contribution in [2.75, 3.05) is 23.3 Å². The number of hydrogen-bond acceptors (Lipinski definition) is 2. The number of nitrogens with zero attached hydrogens (tertiary/aromatic N) is 2. The monoisotopic (exact) mass is 280 g/mol. The van der Waals surface area contributed by atoms with Crippen LogP contribution in [0.5, 0.6) is 0 Å². The zero-order valence-electron chi connectivity index (χ0n) is 9.56. The first-order valence-corrected chi connectivity index (χ1v) is 6.63. The number of hydrogen-bond donors (Lipinski definition) is 0. The molecule has 0 aliphatic heterocycles. The minimum absolute atomic E-state index is 0.573. The molecule has 3 heteroatoms. The zero-order chi connectivity index (χ0) is 11.8. The van der Waals surface area contributed by atoms with Gasteiger partial charge in [0.1, 0.15) is 0 Å². The van der Waals surface area contributed by atoms with E-state index in [1.165, 1.54) is 5.69 Å². The van der Waals surface area contributed by atoms with Gasteiger partial charge >= 0.3 is 0 Å². The van der Waals surface area contributed by atoms with Gasteiger partial charge in [-0.1, -0.05) is 41.1 Å². The fourth-order valence-electron chi connectivity index (χ4n) is 1.57. The molecule has 1 aromatic carbocycles. The standard InChI is InChI=1S/C13H17BrN2/c1-12(10-14)11-16(9-5-8-15)13-6-3-2-4-7-13/h2-4,6-7,12H,5,9-11H2,1H3. The van der Waals surface area contributed by atoms with Crippen LogP contribution in [0.3, 0.4) is 0 Å². The minimum Gasteiger partial charge on any atom is -0.370 e. The second-order valence-corrected chi connectivity index (χ2v) is 4.60. The number of halogens is 1. The van der Waals surface area contributed by atoms with Crippen LogP contribution in [0, 0.1) is 17.2 Å². The van der Waals surface area contributed by atoms with Crippen molar-refractivity contribution in [1.82, 2.24) is 0 Å². The lowest BCUT2D eigenvalue weighted by molar-refractivity contribution is 0.624. The Hall–Kier alpha value is -1.01. The third kappa shape index (κ3) is 4.24. The fraction of sp³-hybridized carbons (Fsp3) is 0.462. The number of rotatable bonds is 6. The number of benzene rings is 1. The minimum atomic E-state index is 0.573. The van der Waals surface area contributed by atoms with Crippen LogP contribution < -0.4 is 4.90 Å². The van der Waals surface area contributed by atoms with Crippen LogP contribution in [0.1, 0.15) is 13.3 Å². The third-order valence-electron chi connectivity index (χ3n) is 2.41. The summed E-state index contributed by atoms with van der Waals surface area (Å²) in [5.74, 6) is 0.582. The first-order valence-electron chi connectivity index (χ1n) is 5.51. The molecule has 0 saturated heterocycles. The van der Waals surface area contributed by atoms with Crippen molar-refractivity contribution in [3.05, 3.63) is 30.3 Å². The Morgan fingerprint density at radius 2 is 2.06 bits per heavy atom. The molecule has 0 bridgehead atoms. The summed E-state index contributed by atoms with van der Waals surface area (Å²) in [6.07, 6.45) is 0.573. The largest absolute Gasteiger partial charge is 0.370 e. The summed E-state index contributed by atoms with van der Waals surface area (Å²) in [6.45, 7) is 3.99. The molecule has 0 saturated carbocycles. The van der Waals surface area contributed by atoms with Gasteiger partial charge in [-0.25, -0.2) is 0 Å². The summed E-state index contributed by atoms with van der Waals surface area (Å²) in [5, 5.41) is 9.66. The second kappa shape index (κ2) is 7.29. The average molecular weight is 281 g/mol. The lowest BCUT2D eigenvalue weighted by Crippen LogP contribution is -2.29. The highest BCUT2D eigenvalue weighted by molar-refractivity contribution is 9.09. The average Bonchev–Trinajstić information content (AvgIpc) is 2.35. The maximum atomic E-state index is 8.67. The molecule has 1 unspecified atom stereocenters. The van der Waals surface area contributed by atoms with Gasteiger partial charge in [0.15, 0.2) is 0 Å². The Bertz CT molecular complexity index is 332. The molecule has 0 aliphatic carbocycles. The van der Waals surface area contributed by atoms with Gasteiger partial charge in [-0.3, -0.25) is 0 Å². The van der Waals surface area contributed by atoms with E-state index in [2.05, 4.69) is 46.0 Å². The van der Waals surface area contributed by atoms with Crippen molar-refractivity contribution in [1.29, 1.82) is 5.26 Å². The van der Waals surface area contributed by atoms with E-state index in [0.717, 1.165) is 18.4 Å². The number of anilines is 1. The molecule has 0 aliphatic rings. The quantitative estimate of drug-likeness (QED) is 0.747. The molecule has 0 N–H and O–H groups in total. The summed E-state index contributed by atoms with van der Waals surface area (Å²) < 4.78 is 0. The fourth-order valence-corrected chi connectivity index (χ4v) is 1.78. The highest BCUT2D eigenvalue weighted by atomic mass is 79.9. The highest BCUT2D eigenvalue weighted by Crippen LogP contribution is 2.16. The SMILES string of the molecule is CC(CBr)CN(CCC#N)c1ccccc1. The van der Waals surface area contributed by atoms with E-state index >= 15 is 0 Å². The summed E-state index contributed by atoms with van der Waals surface area (Å²) >= 11 is 3.49. The Morgan fingerprint density at radius 3 is 2.62 bits per heavy atom. The first-order chi connectivity index (χ1) is 7.77. The summed E-state index contributed by atoms with van der Waals surface area (Å²) in [4.78, 5) is 2.27. The molecular weight excluding hydrogens is 264 g/mol. The van der Waals surface area contributed by atoms with Crippen LogP contribution in [-0.4, -0.2) is 18.4 Å². The van der Waals surface area contributed by atoms with Gasteiger partial charge < -0.3 is 4.90 Å². The lowest BCUT2D eigenvalue weighted by Gasteiger charge is -2.26. The number of alkyl halides is 1. The van der Waals surface area contributed by atoms with Gasteiger partial charge in [-0.05, 0) is 18.1 Å². The second-order valence-electron chi connectivity index (χ2n) is 3.95. The van der Waals surface area contributed by atoms with Crippen LogP contribution in [0.25, 0.3) is 0 Å². The zero-order valence-corrected chi connectivity index (χ0v) is 11.2. The van der Waals surface area contributed by atoms with Gasteiger partial charge in [0.05, 0.1) is 12.5 Å². The molecule has 0 amide bonds. The molecule has 16 heavy (non-hydrogen) atoms. The van der Waals surface area contributed by atoms with E-state index in [4.69, 9.17) is 5.26 Å². The van der Waals surface area contributed by atoms with E-state index in [-0.39, 0.29) is 0 Å². The summed E-state index contributed by atoms with van der Waals surface area (Å²) in [6, 6.07) is 12.5. The van der Waals surface area contributed by atoms with E-state index in [0.29, 0.717) is 12.3 Å². The maximum absolute atomic E-state index is 8.67. The molecule has 1 rings (SSSR count). The Morgan fingerprint density at radius 1 is 1.38 bits per heavy atom. The first kappa shape index (κ1) is 13.1. The number of para-hydroxylation sites is 1.